The molecule has 0 aliphatic carbocycles. The van der Waals surface area contributed by atoms with Gasteiger partial charge in [0.2, 0.25) is 5.91 Å². The standard InChI is InChI=1S/C17H22F3NO/c1-4-16(22)21(3)11-10-13(2)8-9-14-6-5-7-15(12-14)17(18,19)20/h5-9,12-13H,4,10-11H2,1-3H3/b9-8+. The molecule has 1 rings (SSSR count). The Hall–Kier alpha value is -1.78. The molecule has 1 aromatic rings. The van der Waals surface area contributed by atoms with Crippen molar-refractivity contribution in [3.8, 4) is 0 Å². The van der Waals surface area contributed by atoms with Gasteiger partial charge in [-0.25, -0.2) is 0 Å². The molecule has 0 saturated heterocycles. The zero-order chi connectivity index (χ0) is 16.8. The molecule has 0 radical (unpaired) electrons. The molecule has 0 bridgehead atoms. The Morgan fingerprint density at radius 3 is 2.64 bits per heavy atom. The molecule has 1 unspecified atom stereocenters. The average Bonchev–Trinajstić information content (AvgIpc) is 2.49. The maximum atomic E-state index is 12.6. The fraction of sp³-hybridized carbons (Fsp3) is 0.471. The van der Waals surface area contributed by atoms with E-state index in [-0.39, 0.29) is 11.8 Å². The summed E-state index contributed by atoms with van der Waals surface area (Å²) in [6, 6.07) is 5.24. The second kappa shape index (κ2) is 8.01. The van der Waals surface area contributed by atoms with Crippen molar-refractivity contribution >= 4 is 12.0 Å². The third-order valence-electron chi connectivity index (χ3n) is 3.48. The summed E-state index contributed by atoms with van der Waals surface area (Å²) in [5, 5.41) is 0. The van der Waals surface area contributed by atoms with Crippen LogP contribution in [-0.2, 0) is 11.0 Å². The zero-order valence-corrected chi connectivity index (χ0v) is 13.2. The second-order valence-electron chi connectivity index (χ2n) is 5.42. The molecule has 0 aliphatic heterocycles. The molecule has 1 aromatic carbocycles. The predicted octanol–water partition coefficient (Wildman–Crippen LogP) is 4.61. The molecule has 22 heavy (non-hydrogen) atoms. The van der Waals surface area contributed by atoms with Crippen LogP contribution in [0.15, 0.2) is 30.3 Å². The van der Waals surface area contributed by atoms with Crippen LogP contribution in [0.2, 0.25) is 0 Å². The number of hydrogen-bond donors (Lipinski definition) is 0. The first-order valence-corrected chi connectivity index (χ1v) is 7.33. The first kappa shape index (κ1) is 18.3. The maximum Gasteiger partial charge on any atom is 0.416 e. The second-order valence-corrected chi connectivity index (χ2v) is 5.42. The summed E-state index contributed by atoms with van der Waals surface area (Å²) >= 11 is 0. The van der Waals surface area contributed by atoms with Gasteiger partial charge in [-0.1, -0.05) is 38.1 Å². The third kappa shape index (κ3) is 5.92. The molecular formula is C17H22F3NO. The highest BCUT2D eigenvalue weighted by Crippen LogP contribution is 2.29. The van der Waals surface area contributed by atoms with Crippen molar-refractivity contribution in [2.45, 2.75) is 32.9 Å². The minimum atomic E-state index is -4.32. The smallest absolute Gasteiger partial charge is 0.346 e. The molecule has 0 aliphatic rings. The quantitative estimate of drug-likeness (QED) is 0.751. The van der Waals surface area contributed by atoms with Gasteiger partial charge in [0.25, 0.3) is 0 Å². The fourth-order valence-corrected chi connectivity index (χ4v) is 1.98. The molecule has 0 heterocycles. The van der Waals surface area contributed by atoms with Crippen molar-refractivity contribution < 1.29 is 18.0 Å². The van der Waals surface area contributed by atoms with E-state index in [0.717, 1.165) is 18.6 Å². The van der Waals surface area contributed by atoms with Gasteiger partial charge in [0, 0.05) is 20.0 Å². The summed E-state index contributed by atoms with van der Waals surface area (Å²) in [5.41, 5.74) is -0.116. The number of hydrogen-bond acceptors (Lipinski definition) is 1. The van der Waals surface area contributed by atoms with Crippen molar-refractivity contribution in [3.63, 3.8) is 0 Å². The lowest BCUT2D eigenvalue weighted by atomic mass is 10.0. The van der Waals surface area contributed by atoms with E-state index in [1.807, 2.05) is 19.9 Å². The Morgan fingerprint density at radius 1 is 1.36 bits per heavy atom. The summed E-state index contributed by atoms with van der Waals surface area (Å²) in [5.74, 6) is 0.274. The van der Waals surface area contributed by atoms with E-state index in [0.29, 0.717) is 18.5 Å². The lowest BCUT2D eigenvalue weighted by molar-refractivity contribution is -0.137. The number of rotatable bonds is 6. The van der Waals surface area contributed by atoms with Crippen LogP contribution >= 0.6 is 0 Å². The van der Waals surface area contributed by atoms with E-state index in [2.05, 4.69) is 0 Å². The molecule has 122 valence electrons. The van der Waals surface area contributed by atoms with E-state index < -0.39 is 11.7 Å². The lowest BCUT2D eigenvalue weighted by Crippen LogP contribution is -2.27. The van der Waals surface area contributed by atoms with Crippen LogP contribution in [0.3, 0.4) is 0 Å². The van der Waals surface area contributed by atoms with Gasteiger partial charge in [-0.2, -0.15) is 13.2 Å². The van der Waals surface area contributed by atoms with Crippen molar-refractivity contribution in [1.82, 2.24) is 4.90 Å². The van der Waals surface area contributed by atoms with Crippen LogP contribution in [0.4, 0.5) is 13.2 Å². The summed E-state index contributed by atoms with van der Waals surface area (Å²) < 4.78 is 37.9. The molecule has 0 saturated carbocycles. The summed E-state index contributed by atoms with van der Waals surface area (Å²) in [7, 11) is 1.76. The van der Waals surface area contributed by atoms with Gasteiger partial charge in [0.1, 0.15) is 0 Å². The Balaban J connectivity index is 2.59. The average molecular weight is 313 g/mol. The molecule has 0 fully saturated rings. The van der Waals surface area contributed by atoms with E-state index in [4.69, 9.17) is 0 Å². The topological polar surface area (TPSA) is 20.3 Å². The minimum absolute atomic E-state index is 0.0917. The highest BCUT2D eigenvalue weighted by atomic mass is 19.4. The fourth-order valence-electron chi connectivity index (χ4n) is 1.98. The molecule has 2 nitrogen and oxygen atoms in total. The van der Waals surface area contributed by atoms with Crippen LogP contribution in [0.5, 0.6) is 0 Å². The first-order valence-electron chi connectivity index (χ1n) is 7.33. The van der Waals surface area contributed by atoms with Crippen LogP contribution in [-0.4, -0.2) is 24.4 Å². The number of alkyl halides is 3. The van der Waals surface area contributed by atoms with Gasteiger partial charge in [-0.3, -0.25) is 4.79 Å². The molecule has 5 heteroatoms. The maximum absolute atomic E-state index is 12.6. The SMILES string of the molecule is CCC(=O)N(C)CCC(C)/C=C/c1cccc(C(F)(F)F)c1. The Kier molecular flexibility index (Phi) is 6.65. The number of nitrogens with zero attached hydrogens (tertiary/aromatic N) is 1. The van der Waals surface area contributed by atoms with Crippen LogP contribution < -0.4 is 0 Å². The zero-order valence-electron chi connectivity index (χ0n) is 13.2. The predicted molar refractivity (Wildman–Crippen MR) is 82.2 cm³/mol. The molecule has 0 aromatic heterocycles. The summed E-state index contributed by atoms with van der Waals surface area (Å²) in [4.78, 5) is 13.1. The van der Waals surface area contributed by atoms with Crippen molar-refractivity contribution in [3.05, 3.63) is 41.5 Å². The highest BCUT2D eigenvalue weighted by Gasteiger charge is 2.30. The molecule has 0 N–H and O–H groups in total. The number of carbonyl (C=O) groups is 1. The normalized spacial score (nSPS) is 13.4. The van der Waals surface area contributed by atoms with E-state index in [9.17, 15) is 18.0 Å². The number of amides is 1. The monoisotopic (exact) mass is 313 g/mol. The van der Waals surface area contributed by atoms with Gasteiger partial charge >= 0.3 is 6.18 Å². The van der Waals surface area contributed by atoms with E-state index >= 15 is 0 Å². The van der Waals surface area contributed by atoms with Crippen molar-refractivity contribution in [2.75, 3.05) is 13.6 Å². The first-order chi connectivity index (χ1) is 10.2. The minimum Gasteiger partial charge on any atom is -0.346 e. The number of halogens is 3. The van der Waals surface area contributed by atoms with E-state index in [1.54, 1.807) is 24.1 Å². The summed E-state index contributed by atoms with van der Waals surface area (Å²) in [6.45, 7) is 4.44. The van der Waals surface area contributed by atoms with Gasteiger partial charge in [-0.15, -0.1) is 0 Å². The molecule has 1 atom stereocenters. The van der Waals surface area contributed by atoms with Crippen molar-refractivity contribution in [2.24, 2.45) is 5.92 Å². The molecular weight excluding hydrogens is 291 g/mol. The third-order valence-corrected chi connectivity index (χ3v) is 3.48. The Bertz CT molecular complexity index is 523. The van der Waals surface area contributed by atoms with E-state index in [1.165, 1.54) is 6.07 Å². The Labute approximate surface area is 129 Å². The van der Waals surface area contributed by atoms with Gasteiger partial charge in [0.05, 0.1) is 5.56 Å². The number of benzene rings is 1. The molecule has 1 amide bonds. The number of carbonyl (C=O) groups excluding carboxylic acids is 1. The molecule has 0 spiro atoms. The lowest BCUT2D eigenvalue weighted by Gasteiger charge is -2.17. The summed E-state index contributed by atoms with van der Waals surface area (Å²) in [6.07, 6.45) is 0.503. The number of allylic oxidation sites excluding steroid dienone is 1. The Morgan fingerprint density at radius 2 is 2.05 bits per heavy atom. The van der Waals surface area contributed by atoms with Gasteiger partial charge < -0.3 is 4.90 Å². The highest BCUT2D eigenvalue weighted by molar-refractivity contribution is 5.75. The van der Waals surface area contributed by atoms with Crippen LogP contribution in [0.1, 0.15) is 37.8 Å². The van der Waals surface area contributed by atoms with Gasteiger partial charge in [-0.05, 0) is 30.0 Å². The largest absolute Gasteiger partial charge is 0.416 e. The van der Waals surface area contributed by atoms with Gasteiger partial charge in [0.15, 0.2) is 0 Å². The van der Waals surface area contributed by atoms with Crippen molar-refractivity contribution in [1.29, 1.82) is 0 Å². The van der Waals surface area contributed by atoms with Crippen LogP contribution in [0.25, 0.3) is 6.08 Å². The van der Waals surface area contributed by atoms with Crippen LogP contribution in [0, 0.1) is 5.92 Å².